The Morgan fingerprint density at radius 2 is 2.18 bits per heavy atom. The minimum Gasteiger partial charge on any atom is -0.611 e. The molecule has 1 unspecified atom stereocenters. The minimum absolute atomic E-state index is 0.452. The summed E-state index contributed by atoms with van der Waals surface area (Å²) in [6, 6.07) is 0. The first kappa shape index (κ1) is 8.23. The maximum atomic E-state index is 11.2. The minimum atomic E-state index is -1.03. The maximum absolute atomic E-state index is 11.2. The van der Waals surface area contributed by atoms with E-state index in [9.17, 15) is 4.55 Å². The van der Waals surface area contributed by atoms with Crippen molar-refractivity contribution in [2.24, 2.45) is 0 Å². The van der Waals surface area contributed by atoms with Crippen molar-refractivity contribution in [1.82, 2.24) is 9.97 Å². The summed E-state index contributed by atoms with van der Waals surface area (Å²) in [6.45, 7) is 3.49. The number of hydrogen-bond acceptors (Lipinski definition) is 3. The highest BCUT2D eigenvalue weighted by Crippen LogP contribution is 2.06. The number of hydrogen-bond donors (Lipinski definition) is 0. The van der Waals surface area contributed by atoms with Crippen molar-refractivity contribution in [3.63, 3.8) is 0 Å². The molecule has 0 bridgehead atoms. The molecule has 1 aromatic rings. The zero-order chi connectivity index (χ0) is 8.10. The highest BCUT2D eigenvalue weighted by molar-refractivity contribution is 7.91. The molecule has 0 saturated carbocycles. The average molecular weight is 168 g/mol. The Balaban J connectivity index is 2.68. The van der Waals surface area contributed by atoms with Crippen LogP contribution in [0.3, 0.4) is 0 Å². The Kier molecular flexibility index (Phi) is 3.07. The third-order valence-electron chi connectivity index (χ3n) is 1.07. The average Bonchev–Trinajstić information content (AvgIpc) is 2.07. The third kappa shape index (κ3) is 2.32. The molecule has 0 aliphatic heterocycles. The van der Waals surface area contributed by atoms with Gasteiger partial charge in [0.15, 0.2) is 4.90 Å². The highest BCUT2D eigenvalue weighted by Gasteiger charge is 2.07. The molecule has 11 heavy (non-hydrogen) atoms. The molecule has 0 aliphatic carbocycles. The second kappa shape index (κ2) is 4.10. The van der Waals surface area contributed by atoms with Crippen LogP contribution in [0.2, 0.25) is 0 Å². The fourth-order valence-corrected chi connectivity index (χ4v) is 1.37. The first-order valence-corrected chi connectivity index (χ1v) is 4.41. The van der Waals surface area contributed by atoms with Crippen molar-refractivity contribution in [1.29, 1.82) is 0 Å². The van der Waals surface area contributed by atoms with Crippen molar-refractivity contribution in [2.45, 2.75) is 4.90 Å². The van der Waals surface area contributed by atoms with Crippen LogP contribution < -0.4 is 0 Å². The van der Waals surface area contributed by atoms with E-state index in [1.165, 1.54) is 6.33 Å². The van der Waals surface area contributed by atoms with Gasteiger partial charge in [0.2, 0.25) is 0 Å². The summed E-state index contributed by atoms with van der Waals surface area (Å²) in [4.78, 5) is 8.14. The van der Waals surface area contributed by atoms with Crippen LogP contribution in [0.5, 0.6) is 0 Å². The van der Waals surface area contributed by atoms with Gasteiger partial charge in [0, 0.05) is 0 Å². The topological polar surface area (TPSA) is 48.8 Å². The summed E-state index contributed by atoms with van der Waals surface area (Å²) in [5.41, 5.74) is 0. The zero-order valence-corrected chi connectivity index (χ0v) is 6.75. The van der Waals surface area contributed by atoms with E-state index in [1.54, 1.807) is 18.5 Å². The number of rotatable bonds is 3. The van der Waals surface area contributed by atoms with Gasteiger partial charge in [0.25, 0.3) is 0 Å². The Bertz CT molecular complexity index is 227. The van der Waals surface area contributed by atoms with Crippen molar-refractivity contribution in [2.75, 3.05) is 5.75 Å². The van der Waals surface area contributed by atoms with Crippen molar-refractivity contribution in [3.8, 4) is 0 Å². The largest absolute Gasteiger partial charge is 0.611 e. The van der Waals surface area contributed by atoms with Crippen LogP contribution in [0.4, 0.5) is 0 Å². The summed E-state index contributed by atoms with van der Waals surface area (Å²) in [7, 11) is 0. The van der Waals surface area contributed by atoms with E-state index in [0.717, 1.165) is 0 Å². The van der Waals surface area contributed by atoms with E-state index < -0.39 is 11.2 Å². The van der Waals surface area contributed by atoms with Gasteiger partial charge in [-0.2, -0.15) is 0 Å². The molecule has 0 radical (unpaired) electrons. The highest BCUT2D eigenvalue weighted by atomic mass is 32.2. The molecule has 3 nitrogen and oxygen atoms in total. The molecule has 0 amide bonds. The lowest BCUT2D eigenvalue weighted by Gasteiger charge is -2.05. The molecular formula is C7H8N2OS. The second-order valence-electron chi connectivity index (χ2n) is 1.88. The Morgan fingerprint density at radius 1 is 1.55 bits per heavy atom. The van der Waals surface area contributed by atoms with Crippen molar-refractivity contribution < 1.29 is 4.55 Å². The molecule has 0 aromatic carbocycles. The normalized spacial score (nSPS) is 12.5. The lowest BCUT2D eigenvalue weighted by Crippen LogP contribution is -2.04. The van der Waals surface area contributed by atoms with Gasteiger partial charge in [-0.25, -0.2) is 9.97 Å². The van der Waals surface area contributed by atoms with E-state index in [1.807, 2.05) is 0 Å². The number of nitrogens with zero attached hydrogens (tertiary/aromatic N) is 2. The van der Waals surface area contributed by atoms with Crippen LogP contribution in [0, 0.1) is 0 Å². The molecule has 1 aromatic heterocycles. The van der Waals surface area contributed by atoms with Gasteiger partial charge in [-0.1, -0.05) is 6.58 Å². The van der Waals surface area contributed by atoms with Crippen LogP contribution >= 0.6 is 0 Å². The summed E-state index contributed by atoms with van der Waals surface area (Å²) in [5, 5.41) is 0. The molecular weight excluding hydrogens is 160 g/mol. The molecule has 1 rings (SSSR count). The lowest BCUT2D eigenvalue weighted by atomic mass is 10.7. The van der Waals surface area contributed by atoms with E-state index in [2.05, 4.69) is 16.5 Å². The quantitative estimate of drug-likeness (QED) is 0.494. The smallest absolute Gasteiger partial charge is 0.189 e. The molecule has 0 aliphatic rings. The van der Waals surface area contributed by atoms with E-state index >= 15 is 0 Å². The molecule has 1 heterocycles. The van der Waals surface area contributed by atoms with Crippen LogP contribution in [0.1, 0.15) is 0 Å². The van der Waals surface area contributed by atoms with Gasteiger partial charge in [0.1, 0.15) is 12.1 Å². The second-order valence-corrected chi connectivity index (χ2v) is 3.37. The fourth-order valence-electron chi connectivity index (χ4n) is 0.606. The van der Waals surface area contributed by atoms with E-state index in [4.69, 9.17) is 0 Å². The number of aromatic nitrogens is 2. The third-order valence-corrected chi connectivity index (χ3v) is 2.34. The van der Waals surface area contributed by atoms with Crippen molar-refractivity contribution in [3.05, 3.63) is 31.4 Å². The van der Waals surface area contributed by atoms with E-state index in [-0.39, 0.29) is 0 Å². The maximum Gasteiger partial charge on any atom is 0.189 e. The predicted molar refractivity (Wildman–Crippen MR) is 43.5 cm³/mol. The Hall–Kier alpha value is -0.870. The molecule has 0 fully saturated rings. The standard InChI is InChI=1S/C7H8N2OS/c1-2-3-11(10)7-4-8-6-9-5-7/h2,4-6H,1,3H2. The summed E-state index contributed by atoms with van der Waals surface area (Å²) < 4.78 is 11.2. The van der Waals surface area contributed by atoms with Gasteiger partial charge >= 0.3 is 0 Å². The SMILES string of the molecule is C=CC[S+]([O-])c1cncnc1. The van der Waals surface area contributed by atoms with Gasteiger partial charge in [-0.05, 0) is 17.3 Å². The monoisotopic (exact) mass is 168 g/mol. The molecule has 4 heteroatoms. The van der Waals surface area contributed by atoms with Crippen LogP contribution in [-0.4, -0.2) is 20.3 Å². The van der Waals surface area contributed by atoms with Crippen LogP contribution in [0.25, 0.3) is 0 Å². The lowest BCUT2D eigenvalue weighted by molar-refractivity contribution is 0.597. The van der Waals surface area contributed by atoms with Gasteiger partial charge in [0.05, 0.1) is 12.4 Å². The molecule has 0 spiro atoms. The first-order valence-electron chi connectivity index (χ1n) is 3.09. The molecule has 0 N–H and O–H groups in total. The van der Waals surface area contributed by atoms with Gasteiger partial charge in [-0.15, -0.1) is 0 Å². The van der Waals surface area contributed by atoms with Gasteiger partial charge in [-0.3, -0.25) is 0 Å². The van der Waals surface area contributed by atoms with Crippen molar-refractivity contribution >= 4 is 11.2 Å². The molecule has 1 atom stereocenters. The first-order chi connectivity index (χ1) is 5.34. The molecule has 0 saturated heterocycles. The Labute approximate surface area is 68.4 Å². The predicted octanol–water partition coefficient (Wildman–Crippen LogP) is 0.770. The fraction of sp³-hybridized carbons (Fsp3) is 0.143. The van der Waals surface area contributed by atoms with Crippen LogP contribution in [-0.2, 0) is 11.2 Å². The zero-order valence-electron chi connectivity index (χ0n) is 5.93. The summed E-state index contributed by atoms with van der Waals surface area (Å²) in [5.74, 6) is 0.452. The Morgan fingerprint density at radius 3 is 2.73 bits per heavy atom. The summed E-state index contributed by atoms with van der Waals surface area (Å²) in [6.07, 6.45) is 6.12. The van der Waals surface area contributed by atoms with Gasteiger partial charge < -0.3 is 4.55 Å². The van der Waals surface area contributed by atoms with E-state index in [0.29, 0.717) is 10.6 Å². The van der Waals surface area contributed by atoms with Crippen LogP contribution in [0.15, 0.2) is 36.3 Å². The molecule has 58 valence electrons. The summed E-state index contributed by atoms with van der Waals surface area (Å²) >= 11 is -1.03.